The number of ether oxygens (including phenoxy) is 2. The van der Waals surface area contributed by atoms with Crippen LogP contribution < -0.4 is 0 Å². The first-order valence-electron chi connectivity index (χ1n) is 5.99. The number of hydrogen-bond donors (Lipinski definition) is 1. The summed E-state index contributed by atoms with van der Waals surface area (Å²) in [4.78, 5) is 11.5. The van der Waals surface area contributed by atoms with Crippen molar-refractivity contribution >= 4 is 5.97 Å². The first kappa shape index (κ1) is 16.0. The lowest BCUT2D eigenvalue weighted by atomic mass is 10.0. The average molecular weight is 242 g/mol. The second-order valence-electron chi connectivity index (χ2n) is 3.89. The van der Waals surface area contributed by atoms with Gasteiger partial charge in [-0.1, -0.05) is 13.3 Å². The largest absolute Gasteiger partial charge is 0.463 e. The zero-order chi connectivity index (χ0) is 13.1. The Morgan fingerprint density at radius 3 is 2.65 bits per heavy atom. The number of hydrogen-bond acceptors (Lipinski definition) is 4. The summed E-state index contributed by atoms with van der Waals surface area (Å²) in [6, 6.07) is 0. The number of aliphatic hydroxyl groups excluding tert-OH is 1. The number of carbonyl (C=O) groups excluding carboxylic acids is 1. The van der Waals surface area contributed by atoms with Crippen molar-refractivity contribution in [2.24, 2.45) is 5.92 Å². The van der Waals surface area contributed by atoms with Gasteiger partial charge in [0, 0.05) is 13.0 Å². The van der Waals surface area contributed by atoms with Crippen molar-refractivity contribution < 1.29 is 19.4 Å². The summed E-state index contributed by atoms with van der Waals surface area (Å²) in [5, 5.41) is 9.36. The van der Waals surface area contributed by atoms with Crippen molar-refractivity contribution in [1.82, 2.24) is 0 Å². The van der Waals surface area contributed by atoms with Crippen LogP contribution in [-0.4, -0.2) is 37.0 Å². The quantitative estimate of drug-likeness (QED) is 0.377. The second kappa shape index (κ2) is 10.1. The summed E-state index contributed by atoms with van der Waals surface area (Å²) in [5.41, 5.74) is 0. The van der Waals surface area contributed by atoms with Gasteiger partial charge < -0.3 is 14.6 Å². The van der Waals surface area contributed by atoms with Crippen LogP contribution in [-0.2, 0) is 14.3 Å². The average Bonchev–Trinajstić information content (AvgIpc) is 2.29. The molecule has 0 aromatic carbocycles. The van der Waals surface area contributed by atoms with Crippen LogP contribution in [0.15, 0.2) is 0 Å². The first-order valence-corrected chi connectivity index (χ1v) is 5.99. The van der Waals surface area contributed by atoms with Crippen LogP contribution in [0.5, 0.6) is 0 Å². The number of terminal acetylenes is 1. The summed E-state index contributed by atoms with van der Waals surface area (Å²) in [7, 11) is 0. The molecule has 0 aromatic heterocycles. The molecular weight excluding hydrogens is 220 g/mol. The molecule has 0 aromatic rings. The molecule has 0 aliphatic carbocycles. The van der Waals surface area contributed by atoms with E-state index in [1.165, 1.54) is 6.92 Å². The minimum absolute atomic E-state index is 0.188. The molecule has 0 heterocycles. The Hall–Kier alpha value is -1.05. The normalized spacial score (nSPS) is 13.8. The lowest BCUT2D eigenvalue weighted by Crippen LogP contribution is -2.28. The van der Waals surface area contributed by atoms with Gasteiger partial charge in [-0.2, -0.15) is 0 Å². The Balaban J connectivity index is 3.72. The third-order valence-electron chi connectivity index (χ3n) is 2.34. The van der Waals surface area contributed by atoms with Crippen molar-refractivity contribution in [3.05, 3.63) is 0 Å². The molecule has 1 N–H and O–H groups in total. The molecule has 0 aliphatic rings. The number of unbranched alkanes of at least 4 members (excludes halogenated alkanes) is 1. The highest BCUT2D eigenvalue weighted by molar-refractivity contribution is 5.73. The van der Waals surface area contributed by atoms with Crippen molar-refractivity contribution in [2.75, 3.05) is 19.8 Å². The second-order valence-corrected chi connectivity index (χ2v) is 3.89. The molecule has 0 radical (unpaired) electrons. The SMILES string of the molecule is C#CC[C@@H](C(=O)OCCOCCCC)[C@H](C)O. The van der Waals surface area contributed by atoms with Crippen molar-refractivity contribution in [1.29, 1.82) is 0 Å². The molecule has 0 rings (SSSR count). The predicted molar refractivity (Wildman–Crippen MR) is 65.3 cm³/mol. The van der Waals surface area contributed by atoms with Crippen LogP contribution in [0.3, 0.4) is 0 Å². The molecule has 0 fully saturated rings. The zero-order valence-corrected chi connectivity index (χ0v) is 10.6. The highest BCUT2D eigenvalue weighted by Crippen LogP contribution is 2.10. The van der Waals surface area contributed by atoms with Gasteiger partial charge in [-0.15, -0.1) is 12.3 Å². The Bertz CT molecular complexity index is 242. The first-order chi connectivity index (χ1) is 8.13. The van der Waals surface area contributed by atoms with Gasteiger partial charge in [0.25, 0.3) is 0 Å². The maximum absolute atomic E-state index is 11.5. The summed E-state index contributed by atoms with van der Waals surface area (Å²) in [6.45, 7) is 4.88. The standard InChI is InChI=1S/C13H22O4/c1-4-6-8-16-9-10-17-13(15)12(7-5-2)11(3)14/h2,11-12,14H,4,6-10H2,1,3H3/t11-,12+/m0/s1. The summed E-state index contributed by atoms with van der Waals surface area (Å²) < 4.78 is 10.2. The van der Waals surface area contributed by atoms with Crippen LogP contribution >= 0.6 is 0 Å². The molecule has 0 saturated carbocycles. The van der Waals surface area contributed by atoms with E-state index in [1.54, 1.807) is 0 Å². The van der Waals surface area contributed by atoms with E-state index in [-0.39, 0.29) is 13.0 Å². The van der Waals surface area contributed by atoms with Gasteiger partial charge in [0.1, 0.15) is 6.61 Å². The maximum atomic E-state index is 11.5. The van der Waals surface area contributed by atoms with Crippen molar-refractivity contribution in [2.45, 2.75) is 39.2 Å². The molecule has 0 aliphatic heterocycles. The molecule has 4 heteroatoms. The molecular formula is C13H22O4. The molecule has 0 amide bonds. The van der Waals surface area contributed by atoms with Gasteiger partial charge >= 0.3 is 5.97 Å². The third-order valence-corrected chi connectivity index (χ3v) is 2.34. The summed E-state index contributed by atoms with van der Waals surface area (Å²) >= 11 is 0. The van der Waals surface area contributed by atoms with Crippen molar-refractivity contribution in [3.63, 3.8) is 0 Å². The third kappa shape index (κ3) is 7.78. The fraction of sp³-hybridized carbons (Fsp3) is 0.769. The molecule has 0 unspecified atom stereocenters. The minimum atomic E-state index is -0.792. The summed E-state index contributed by atoms with van der Waals surface area (Å²) in [5.74, 6) is 1.25. The Morgan fingerprint density at radius 1 is 1.41 bits per heavy atom. The molecule has 0 saturated heterocycles. The monoisotopic (exact) mass is 242 g/mol. The lowest BCUT2D eigenvalue weighted by Gasteiger charge is -2.16. The van der Waals surface area contributed by atoms with Crippen LogP contribution in [0.2, 0.25) is 0 Å². The minimum Gasteiger partial charge on any atom is -0.463 e. The van der Waals surface area contributed by atoms with Gasteiger partial charge in [0.15, 0.2) is 0 Å². The topological polar surface area (TPSA) is 55.8 Å². The van der Waals surface area contributed by atoms with Gasteiger partial charge in [-0.3, -0.25) is 4.79 Å². The Labute approximate surface area is 103 Å². The van der Waals surface area contributed by atoms with E-state index in [0.717, 1.165) is 12.8 Å². The molecule has 4 nitrogen and oxygen atoms in total. The zero-order valence-electron chi connectivity index (χ0n) is 10.6. The fourth-order valence-corrected chi connectivity index (χ4v) is 1.23. The van der Waals surface area contributed by atoms with Crippen LogP contribution in [0.1, 0.15) is 33.1 Å². The lowest BCUT2D eigenvalue weighted by molar-refractivity contribution is -0.153. The smallest absolute Gasteiger partial charge is 0.312 e. The molecule has 17 heavy (non-hydrogen) atoms. The van der Waals surface area contributed by atoms with Crippen LogP contribution in [0, 0.1) is 18.3 Å². The van der Waals surface area contributed by atoms with E-state index in [9.17, 15) is 9.90 Å². The van der Waals surface area contributed by atoms with Crippen LogP contribution in [0.4, 0.5) is 0 Å². The Morgan fingerprint density at radius 2 is 2.12 bits per heavy atom. The van der Waals surface area contributed by atoms with Crippen LogP contribution in [0.25, 0.3) is 0 Å². The maximum Gasteiger partial charge on any atom is 0.312 e. The van der Waals surface area contributed by atoms with E-state index in [1.807, 2.05) is 0 Å². The highest BCUT2D eigenvalue weighted by Gasteiger charge is 2.24. The molecule has 2 atom stereocenters. The van der Waals surface area contributed by atoms with Gasteiger partial charge in [-0.25, -0.2) is 0 Å². The molecule has 98 valence electrons. The van der Waals surface area contributed by atoms with E-state index < -0.39 is 18.0 Å². The van der Waals surface area contributed by atoms with E-state index in [2.05, 4.69) is 12.8 Å². The van der Waals surface area contributed by atoms with Gasteiger partial charge in [-0.05, 0) is 13.3 Å². The van der Waals surface area contributed by atoms with E-state index in [4.69, 9.17) is 15.9 Å². The molecule has 0 spiro atoms. The van der Waals surface area contributed by atoms with Gasteiger partial charge in [0.05, 0.1) is 18.6 Å². The number of aliphatic hydroxyl groups is 1. The van der Waals surface area contributed by atoms with E-state index in [0.29, 0.717) is 13.2 Å². The van der Waals surface area contributed by atoms with Crippen molar-refractivity contribution in [3.8, 4) is 12.3 Å². The number of rotatable bonds is 9. The Kier molecular flexibility index (Phi) is 9.50. The number of esters is 1. The summed E-state index contributed by atoms with van der Waals surface area (Å²) in [6.07, 6.45) is 6.59. The molecule has 0 bridgehead atoms. The highest BCUT2D eigenvalue weighted by atomic mass is 16.6. The fourth-order valence-electron chi connectivity index (χ4n) is 1.23. The predicted octanol–water partition coefficient (Wildman–Crippen LogP) is 1.37. The van der Waals surface area contributed by atoms with E-state index >= 15 is 0 Å². The number of carbonyl (C=O) groups is 1. The van der Waals surface area contributed by atoms with Gasteiger partial charge in [0.2, 0.25) is 0 Å².